The molecule has 3 heterocycles. The molecular weight excluding hydrogens is 374 g/mol. The number of carbonyl (C=O) groups excluding carboxylic acids is 1. The second-order valence-electron chi connectivity index (χ2n) is 7.56. The monoisotopic (exact) mass is 397 g/mol. The van der Waals surface area contributed by atoms with Gasteiger partial charge in [-0.1, -0.05) is 60.7 Å². The molecule has 0 radical (unpaired) electrons. The van der Waals surface area contributed by atoms with Gasteiger partial charge in [0.15, 0.2) is 11.3 Å². The van der Waals surface area contributed by atoms with Crippen LogP contribution < -0.4 is 10.6 Å². The molecule has 0 bridgehead atoms. The lowest BCUT2D eigenvalue weighted by Crippen LogP contribution is -2.37. The van der Waals surface area contributed by atoms with Gasteiger partial charge in [-0.2, -0.15) is 5.10 Å². The van der Waals surface area contributed by atoms with Gasteiger partial charge in [0, 0.05) is 29.8 Å². The molecule has 0 spiro atoms. The summed E-state index contributed by atoms with van der Waals surface area (Å²) < 4.78 is 1.75. The number of hydrogen-bond acceptors (Lipinski definition) is 4. The van der Waals surface area contributed by atoms with E-state index in [0.717, 1.165) is 41.9 Å². The number of carbonyl (C=O) groups is 1. The van der Waals surface area contributed by atoms with Crippen molar-refractivity contribution in [1.82, 2.24) is 25.2 Å². The van der Waals surface area contributed by atoms with Crippen molar-refractivity contribution in [2.75, 3.05) is 13.1 Å². The summed E-state index contributed by atoms with van der Waals surface area (Å²) in [5.74, 6) is -0.172. The molecule has 2 N–H and O–H groups in total. The summed E-state index contributed by atoms with van der Waals surface area (Å²) in [5, 5.41) is 11.0. The number of benzene rings is 2. The molecule has 6 nitrogen and oxygen atoms in total. The quantitative estimate of drug-likeness (QED) is 0.540. The fourth-order valence-electron chi connectivity index (χ4n) is 3.89. The zero-order valence-electron chi connectivity index (χ0n) is 16.6. The first kappa shape index (κ1) is 18.5. The van der Waals surface area contributed by atoms with E-state index in [1.165, 1.54) is 0 Å². The van der Waals surface area contributed by atoms with Crippen LogP contribution in [0, 0.1) is 0 Å². The Hall–Kier alpha value is -3.51. The Morgan fingerprint density at radius 2 is 1.77 bits per heavy atom. The van der Waals surface area contributed by atoms with Gasteiger partial charge in [0.25, 0.3) is 5.91 Å². The number of aromatic nitrogens is 3. The van der Waals surface area contributed by atoms with Gasteiger partial charge in [0.05, 0.1) is 11.4 Å². The van der Waals surface area contributed by atoms with Crippen molar-refractivity contribution in [1.29, 1.82) is 0 Å². The van der Waals surface area contributed by atoms with E-state index in [-0.39, 0.29) is 5.91 Å². The second kappa shape index (κ2) is 8.08. The van der Waals surface area contributed by atoms with E-state index in [9.17, 15) is 4.79 Å². The van der Waals surface area contributed by atoms with E-state index in [1.54, 1.807) is 10.6 Å². The first-order valence-corrected chi connectivity index (χ1v) is 10.3. The fraction of sp³-hybridized carbons (Fsp3) is 0.208. The summed E-state index contributed by atoms with van der Waals surface area (Å²) in [6, 6.07) is 24.2. The number of nitrogens with one attached hydrogen (secondary N) is 2. The topological polar surface area (TPSA) is 71.3 Å². The third-order valence-electron chi connectivity index (χ3n) is 5.47. The van der Waals surface area contributed by atoms with E-state index in [4.69, 9.17) is 4.98 Å². The maximum Gasteiger partial charge on any atom is 0.271 e. The maximum atomic E-state index is 12.7. The summed E-state index contributed by atoms with van der Waals surface area (Å²) in [5.41, 5.74) is 4.83. The Kier molecular flexibility index (Phi) is 4.99. The second-order valence-corrected chi connectivity index (χ2v) is 7.56. The van der Waals surface area contributed by atoms with E-state index in [0.29, 0.717) is 23.9 Å². The third kappa shape index (κ3) is 3.69. The number of amides is 1. The zero-order valence-corrected chi connectivity index (χ0v) is 16.6. The van der Waals surface area contributed by atoms with Crippen molar-refractivity contribution >= 4 is 11.6 Å². The molecule has 6 heteroatoms. The highest BCUT2D eigenvalue weighted by molar-refractivity contribution is 5.93. The average molecular weight is 397 g/mol. The van der Waals surface area contributed by atoms with Crippen LogP contribution in [0.5, 0.6) is 0 Å². The summed E-state index contributed by atoms with van der Waals surface area (Å²) in [7, 11) is 0. The molecule has 5 rings (SSSR count). The van der Waals surface area contributed by atoms with Crippen molar-refractivity contribution < 1.29 is 4.79 Å². The largest absolute Gasteiger partial charge is 0.349 e. The third-order valence-corrected chi connectivity index (χ3v) is 5.47. The molecule has 1 amide bonds. The Morgan fingerprint density at radius 1 is 1.03 bits per heavy atom. The van der Waals surface area contributed by atoms with E-state index in [2.05, 4.69) is 15.7 Å². The van der Waals surface area contributed by atoms with Gasteiger partial charge in [-0.15, -0.1) is 0 Å². The van der Waals surface area contributed by atoms with Gasteiger partial charge >= 0.3 is 0 Å². The fourth-order valence-corrected chi connectivity index (χ4v) is 3.89. The predicted octanol–water partition coefficient (Wildman–Crippen LogP) is 3.55. The average Bonchev–Trinajstić information content (AvgIpc) is 3.48. The van der Waals surface area contributed by atoms with Crippen molar-refractivity contribution in [2.24, 2.45) is 0 Å². The summed E-state index contributed by atoms with van der Waals surface area (Å²) in [4.78, 5) is 17.5. The highest BCUT2D eigenvalue weighted by atomic mass is 16.1. The lowest BCUT2D eigenvalue weighted by Gasteiger charge is -2.10. The van der Waals surface area contributed by atoms with Crippen molar-refractivity contribution in [3.8, 4) is 22.5 Å². The van der Waals surface area contributed by atoms with Crippen LogP contribution in [-0.4, -0.2) is 39.6 Å². The lowest BCUT2D eigenvalue weighted by atomic mass is 10.1. The van der Waals surface area contributed by atoms with Gasteiger partial charge in [-0.3, -0.25) is 4.79 Å². The first-order chi connectivity index (χ1) is 14.8. The van der Waals surface area contributed by atoms with Crippen molar-refractivity contribution in [3.63, 3.8) is 0 Å². The SMILES string of the molecule is O=C(NCC1CCCN1)c1cc2nc(-c3ccccc3)cc(-c3ccccc3)n2n1. The smallest absolute Gasteiger partial charge is 0.271 e. The van der Waals surface area contributed by atoms with Crippen LogP contribution >= 0.6 is 0 Å². The van der Waals surface area contributed by atoms with Crippen molar-refractivity contribution in [2.45, 2.75) is 18.9 Å². The molecule has 1 aliphatic rings. The van der Waals surface area contributed by atoms with Crippen molar-refractivity contribution in [3.05, 3.63) is 78.5 Å². The molecular formula is C24H23N5O. The summed E-state index contributed by atoms with van der Waals surface area (Å²) in [6.45, 7) is 1.63. The standard InChI is InChI=1S/C24H23N5O/c30-24(26-16-19-12-7-13-25-19)21-15-23-27-20(17-8-3-1-4-9-17)14-22(29(23)28-21)18-10-5-2-6-11-18/h1-6,8-11,14-15,19,25H,7,12-13,16H2,(H,26,30). The molecule has 1 atom stereocenters. The van der Waals surface area contributed by atoms with Crippen LogP contribution in [0.2, 0.25) is 0 Å². The van der Waals surface area contributed by atoms with Crippen LogP contribution in [0.1, 0.15) is 23.3 Å². The minimum Gasteiger partial charge on any atom is -0.349 e. The Labute approximate surface area is 175 Å². The number of rotatable bonds is 5. The first-order valence-electron chi connectivity index (χ1n) is 10.3. The maximum absolute atomic E-state index is 12.7. The summed E-state index contributed by atoms with van der Waals surface area (Å²) >= 11 is 0. The molecule has 1 fully saturated rings. The number of nitrogens with zero attached hydrogens (tertiary/aromatic N) is 3. The molecule has 2 aromatic heterocycles. The molecule has 0 aliphatic carbocycles. The minimum atomic E-state index is -0.172. The molecule has 1 aliphatic heterocycles. The van der Waals surface area contributed by atoms with Gasteiger partial charge in [0.1, 0.15) is 0 Å². The molecule has 0 saturated carbocycles. The van der Waals surface area contributed by atoms with Crippen LogP contribution in [-0.2, 0) is 0 Å². The van der Waals surface area contributed by atoms with Crippen LogP contribution in [0.3, 0.4) is 0 Å². The van der Waals surface area contributed by atoms with E-state index < -0.39 is 0 Å². The van der Waals surface area contributed by atoms with E-state index in [1.807, 2.05) is 66.7 Å². The van der Waals surface area contributed by atoms with Gasteiger partial charge in [0.2, 0.25) is 0 Å². The Morgan fingerprint density at radius 3 is 2.47 bits per heavy atom. The van der Waals surface area contributed by atoms with Gasteiger partial charge < -0.3 is 10.6 Å². The van der Waals surface area contributed by atoms with Gasteiger partial charge in [-0.25, -0.2) is 9.50 Å². The molecule has 2 aromatic carbocycles. The summed E-state index contributed by atoms with van der Waals surface area (Å²) in [6.07, 6.45) is 2.24. The minimum absolute atomic E-state index is 0.172. The Bertz CT molecular complexity index is 1160. The van der Waals surface area contributed by atoms with Gasteiger partial charge in [-0.05, 0) is 25.5 Å². The Balaban J connectivity index is 1.54. The van der Waals surface area contributed by atoms with Crippen LogP contribution in [0.4, 0.5) is 0 Å². The highest BCUT2D eigenvalue weighted by Gasteiger charge is 2.19. The number of hydrogen-bond donors (Lipinski definition) is 2. The molecule has 30 heavy (non-hydrogen) atoms. The zero-order chi connectivity index (χ0) is 20.3. The molecule has 1 saturated heterocycles. The molecule has 1 unspecified atom stereocenters. The number of fused-ring (bicyclic) bond motifs is 1. The van der Waals surface area contributed by atoms with Crippen LogP contribution in [0.15, 0.2) is 72.8 Å². The molecule has 150 valence electrons. The molecule has 4 aromatic rings. The predicted molar refractivity (Wildman–Crippen MR) is 117 cm³/mol. The normalized spacial score (nSPS) is 16.1. The lowest BCUT2D eigenvalue weighted by molar-refractivity contribution is 0.0945. The van der Waals surface area contributed by atoms with Crippen LogP contribution in [0.25, 0.3) is 28.2 Å². The highest BCUT2D eigenvalue weighted by Crippen LogP contribution is 2.26. The van der Waals surface area contributed by atoms with E-state index >= 15 is 0 Å².